The highest BCUT2D eigenvalue weighted by atomic mass is 35.5. The number of β-amino-alcohol motifs (C(OH)–C–C–N with tert-alkyl or cyclic N) is 1. The third kappa shape index (κ3) is 6.89. The summed E-state index contributed by atoms with van der Waals surface area (Å²) in [6.45, 7) is 4.78. The lowest BCUT2D eigenvalue weighted by Gasteiger charge is -2.35. The summed E-state index contributed by atoms with van der Waals surface area (Å²) in [5, 5.41) is 10.9. The number of nitrogens with zero attached hydrogens (tertiary/aromatic N) is 2. The van der Waals surface area contributed by atoms with Crippen molar-refractivity contribution in [3.63, 3.8) is 0 Å². The minimum Gasteiger partial charge on any atom is -0.491 e. The molecule has 4 nitrogen and oxygen atoms in total. The largest absolute Gasteiger partial charge is 0.491 e. The van der Waals surface area contributed by atoms with Gasteiger partial charge in [0.1, 0.15) is 18.5 Å². The Morgan fingerprint density at radius 1 is 1.00 bits per heavy atom. The molecule has 0 aliphatic carbocycles. The predicted octanol–water partition coefficient (Wildman–Crippen LogP) is 3.92. The second kappa shape index (κ2) is 9.80. The Kier molecular flexibility index (Phi) is 7.40. The second-order valence-corrected chi connectivity index (χ2v) is 7.63. The molecule has 0 unspecified atom stereocenters. The minimum absolute atomic E-state index is 0.0358. The SMILES string of the molecule is O[C@@H](COc1ccc(C(F)(F)F)cc1)CN1CCN(Cc2cccc(Cl)c2)CC1. The molecule has 1 fully saturated rings. The monoisotopic (exact) mass is 428 g/mol. The number of aliphatic hydroxyl groups is 1. The van der Waals surface area contributed by atoms with Crippen LogP contribution >= 0.6 is 11.6 Å². The van der Waals surface area contributed by atoms with Gasteiger partial charge < -0.3 is 9.84 Å². The number of alkyl halides is 3. The topological polar surface area (TPSA) is 35.9 Å². The molecular weight excluding hydrogens is 405 g/mol. The third-order valence-corrected chi connectivity index (χ3v) is 5.09. The lowest BCUT2D eigenvalue weighted by molar-refractivity contribution is -0.137. The fourth-order valence-corrected chi connectivity index (χ4v) is 3.52. The molecular formula is C21H24ClF3N2O2. The van der Waals surface area contributed by atoms with Crippen molar-refractivity contribution in [3.8, 4) is 5.75 Å². The van der Waals surface area contributed by atoms with Crippen LogP contribution in [0.15, 0.2) is 48.5 Å². The summed E-state index contributed by atoms with van der Waals surface area (Å²) in [6, 6.07) is 12.3. The van der Waals surface area contributed by atoms with Crippen molar-refractivity contribution < 1.29 is 23.0 Å². The fraction of sp³-hybridized carbons (Fsp3) is 0.429. The molecule has 1 aliphatic rings. The molecule has 1 saturated heterocycles. The summed E-state index contributed by atoms with van der Waals surface area (Å²) in [6.07, 6.45) is -5.08. The van der Waals surface area contributed by atoms with E-state index in [1.165, 1.54) is 17.7 Å². The predicted molar refractivity (Wildman–Crippen MR) is 106 cm³/mol. The molecule has 29 heavy (non-hydrogen) atoms. The maximum Gasteiger partial charge on any atom is 0.416 e. The summed E-state index contributed by atoms with van der Waals surface area (Å²) in [5.74, 6) is 0.309. The average Bonchev–Trinajstić information content (AvgIpc) is 2.68. The van der Waals surface area contributed by atoms with Gasteiger partial charge in [0.15, 0.2) is 0 Å². The van der Waals surface area contributed by atoms with Crippen LogP contribution in [0.25, 0.3) is 0 Å². The van der Waals surface area contributed by atoms with Crippen LogP contribution in [0.2, 0.25) is 5.02 Å². The van der Waals surface area contributed by atoms with Crippen molar-refractivity contribution in [3.05, 3.63) is 64.7 Å². The normalized spacial score (nSPS) is 17.3. The number of hydrogen-bond donors (Lipinski definition) is 1. The molecule has 3 rings (SSSR count). The Labute approximate surface area is 173 Å². The van der Waals surface area contributed by atoms with E-state index >= 15 is 0 Å². The molecule has 1 atom stereocenters. The Bertz CT molecular complexity index is 778. The van der Waals surface area contributed by atoms with E-state index in [9.17, 15) is 18.3 Å². The van der Waals surface area contributed by atoms with E-state index in [4.69, 9.17) is 16.3 Å². The highest BCUT2D eigenvalue weighted by Crippen LogP contribution is 2.30. The molecule has 2 aromatic carbocycles. The molecule has 0 radical (unpaired) electrons. The van der Waals surface area contributed by atoms with E-state index in [1.807, 2.05) is 18.2 Å². The van der Waals surface area contributed by atoms with Crippen molar-refractivity contribution in [1.29, 1.82) is 0 Å². The van der Waals surface area contributed by atoms with Gasteiger partial charge in [0.25, 0.3) is 0 Å². The smallest absolute Gasteiger partial charge is 0.416 e. The molecule has 158 valence electrons. The van der Waals surface area contributed by atoms with E-state index < -0.39 is 17.8 Å². The van der Waals surface area contributed by atoms with Crippen LogP contribution in [0.1, 0.15) is 11.1 Å². The number of halogens is 4. The van der Waals surface area contributed by atoms with Crippen LogP contribution in [-0.2, 0) is 12.7 Å². The van der Waals surface area contributed by atoms with Crippen molar-refractivity contribution in [1.82, 2.24) is 9.80 Å². The van der Waals surface area contributed by atoms with Gasteiger partial charge in [-0.15, -0.1) is 0 Å². The number of aliphatic hydroxyl groups excluding tert-OH is 1. The van der Waals surface area contributed by atoms with Crippen molar-refractivity contribution in [2.75, 3.05) is 39.3 Å². The first kappa shape index (κ1) is 21.9. The van der Waals surface area contributed by atoms with Crippen LogP contribution in [-0.4, -0.2) is 60.3 Å². The van der Waals surface area contributed by atoms with Crippen molar-refractivity contribution >= 4 is 11.6 Å². The maximum atomic E-state index is 12.6. The van der Waals surface area contributed by atoms with E-state index in [1.54, 1.807) is 0 Å². The van der Waals surface area contributed by atoms with Gasteiger partial charge in [-0.2, -0.15) is 13.2 Å². The summed E-state index contributed by atoms with van der Waals surface area (Å²) in [7, 11) is 0. The molecule has 0 spiro atoms. The second-order valence-electron chi connectivity index (χ2n) is 7.19. The van der Waals surface area contributed by atoms with Crippen molar-refractivity contribution in [2.45, 2.75) is 18.8 Å². The summed E-state index contributed by atoms with van der Waals surface area (Å²) < 4.78 is 43.1. The van der Waals surface area contributed by atoms with Crippen molar-refractivity contribution in [2.24, 2.45) is 0 Å². The Morgan fingerprint density at radius 2 is 1.66 bits per heavy atom. The van der Waals surface area contributed by atoms with Crippen LogP contribution in [0.5, 0.6) is 5.75 Å². The average molecular weight is 429 g/mol. The summed E-state index contributed by atoms with van der Waals surface area (Å²) in [5.41, 5.74) is 0.456. The Morgan fingerprint density at radius 3 is 2.28 bits per heavy atom. The first-order chi connectivity index (χ1) is 13.8. The molecule has 0 amide bonds. The van der Waals surface area contributed by atoms with E-state index in [0.29, 0.717) is 12.3 Å². The molecule has 2 aromatic rings. The number of hydrogen-bond acceptors (Lipinski definition) is 4. The maximum absolute atomic E-state index is 12.6. The zero-order valence-electron chi connectivity index (χ0n) is 15.9. The van der Waals surface area contributed by atoms with Crippen LogP contribution in [0.3, 0.4) is 0 Å². The number of benzene rings is 2. The minimum atomic E-state index is -4.37. The van der Waals surface area contributed by atoms with Gasteiger partial charge in [-0.25, -0.2) is 0 Å². The van der Waals surface area contributed by atoms with Crippen LogP contribution in [0.4, 0.5) is 13.2 Å². The highest BCUT2D eigenvalue weighted by Gasteiger charge is 2.30. The van der Waals surface area contributed by atoms with Gasteiger partial charge in [0.2, 0.25) is 0 Å². The lowest BCUT2D eigenvalue weighted by atomic mass is 10.2. The molecule has 1 heterocycles. The van der Waals surface area contributed by atoms with Gasteiger partial charge in [-0.05, 0) is 42.0 Å². The zero-order valence-corrected chi connectivity index (χ0v) is 16.7. The molecule has 1 aliphatic heterocycles. The van der Waals surface area contributed by atoms with E-state index in [2.05, 4.69) is 15.9 Å². The molecule has 0 saturated carbocycles. The standard InChI is InChI=1S/C21H24ClF3N2O2/c22-18-3-1-2-16(12-18)13-26-8-10-27(11-9-26)14-19(28)15-29-20-6-4-17(5-7-20)21(23,24)25/h1-7,12,19,28H,8-11,13-15H2/t19-/m1/s1. The van der Waals surface area contributed by atoms with E-state index in [-0.39, 0.29) is 6.61 Å². The van der Waals surface area contributed by atoms with Gasteiger partial charge in [-0.1, -0.05) is 23.7 Å². The summed E-state index contributed by atoms with van der Waals surface area (Å²) >= 11 is 6.03. The third-order valence-electron chi connectivity index (χ3n) is 4.85. The first-order valence-electron chi connectivity index (χ1n) is 9.47. The number of rotatable bonds is 7. The van der Waals surface area contributed by atoms with E-state index in [0.717, 1.165) is 49.9 Å². The summed E-state index contributed by atoms with van der Waals surface area (Å²) in [4.78, 5) is 4.50. The number of piperazine rings is 1. The van der Waals surface area contributed by atoms with Gasteiger partial charge >= 0.3 is 6.18 Å². The number of ether oxygens (including phenoxy) is 1. The molecule has 0 aromatic heterocycles. The quantitative estimate of drug-likeness (QED) is 0.725. The van der Waals surface area contributed by atoms with Crippen LogP contribution in [0, 0.1) is 0 Å². The van der Waals surface area contributed by atoms with Gasteiger partial charge in [-0.3, -0.25) is 9.80 Å². The molecule has 8 heteroatoms. The molecule has 1 N–H and O–H groups in total. The first-order valence-corrected chi connectivity index (χ1v) is 9.85. The van der Waals surface area contributed by atoms with Gasteiger partial charge in [0, 0.05) is 44.3 Å². The van der Waals surface area contributed by atoms with Gasteiger partial charge in [0.05, 0.1) is 5.56 Å². The Balaban J connectivity index is 1.38. The van der Waals surface area contributed by atoms with Crippen LogP contribution < -0.4 is 4.74 Å². The molecule has 0 bridgehead atoms. The zero-order chi connectivity index (χ0) is 20.9. The fourth-order valence-electron chi connectivity index (χ4n) is 3.31. The highest BCUT2D eigenvalue weighted by molar-refractivity contribution is 6.30. The Hall–Kier alpha value is -1.80. The lowest BCUT2D eigenvalue weighted by Crippen LogP contribution is -2.48.